The molecule has 3 rings (SSSR count). The van der Waals surface area contributed by atoms with Crippen LogP contribution >= 0.6 is 0 Å². The smallest absolute Gasteiger partial charge is 0.264 e. The highest BCUT2D eigenvalue weighted by Gasteiger charge is 2.29. The van der Waals surface area contributed by atoms with Crippen molar-refractivity contribution in [3.8, 4) is 23.0 Å². The van der Waals surface area contributed by atoms with E-state index in [0.717, 1.165) is 4.31 Å². The van der Waals surface area contributed by atoms with Gasteiger partial charge in [-0.15, -0.1) is 0 Å². The number of methoxy groups -OCH3 is 3. The van der Waals surface area contributed by atoms with Crippen molar-refractivity contribution in [2.45, 2.75) is 4.90 Å². The van der Waals surface area contributed by atoms with Crippen molar-refractivity contribution in [3.63, 3.8) is 0 Å². The van der Waals surface area contributed by atoms with Crippen LogP contribution in [-0.4, -0.2) is 55.0 Å². The molecule has 0 heterocycles. The minimum Gasteiger partial charge on any atom is -0.497 e. The maximum absolute atomic E-state index is 13.6. The Hall–Kier alpha value is -4.51. The van der Waals surface area contributed by atoms with Gasteiger partial charge in [-0.3, -0.25) is 9.10 Å². The molecular weight excluding hydrogens is 510 g/mol. The lowest BCUT2D eigenvalue weighted by Gasteiger charge is -2.25. The molecule has 0 atom stereocenters. The second-order valence-corrected chi connectivity index (χ2v) is 9.53. The quantitative estimate of drug-likeness (QED) is 0.200. The Morgan fingerprint density at radius 3 is 2.32 bits per heavy atom. The molecule has 0 aliphatic heterocycles. The largest absolute Gasteiger partial charge is 0.497 e. The zero-order valence-electron chi connectivity index (χ0n) is 21.3. The van der Waals surface area contributed by atoms with E-state index < -0.39 is 22.5 Å². The number of nitrogens with one attached hydrogen (secondary N) is 1. The number of hydrogen-bond acceptors (Lipinski definition) is 8. The van der Waals surface area contributed by atoms with E-state index in [1.807, 2.05) is 0 Å². The number of carbonyl (C=O) groups excluding carboxylic acids is 1. The van der Waals surface area contributed by atoms with Gasteiger partial charge in [0.05, 0.1) is 38.1 Å². The lowest BCUT2D eigenvalue weighted by atomic mass is 10.2. The van der Waals surface area contributed by atoms with Crippen LogP contribution in [0.15, 0.2) is 89.4 Å². The Bertz CT molecular complexity index is 1390. The van der Waals surface area contributed by atoms with Crippen molar-refractivity contribution >= 4 is 27.8 Å². The summed E-state index contributed by atoms with van der Waals surface area (Å²) in [5.41, 5.74) is 3.13. The van der Waals surface area contributed by atoms with Crippen LogP contribution in [0.3, 0.4) is 0 Å². The van der Waals surface area contributed by atoms with Gasteiger partial charge in [0, 0.05) is 6.07 Å². The van der Waals surface area contributed by atoms with Gasteiger partial charge >= 0.3 is 0 Å². The highest BCUT2D eigenvalue weighted by Crippen LogP contribution is 2.35. The van der Waals surface area contributed by atoms with Gasteiger partial charge in [0.15, 0.2) is 11.5 Å². The Kier molecular flexibility index (Phi) is 9.72. The monoisotopic (exact) mass is 539 g/mol. The summed E-state index contributed by atoms with van der Waals surface area (Å²) in [5.74, 6) is 0.966. The molecule has 38 heavy (non-hydrogen) atoms. The summed E-state index contributed by atoms with van der Waals surface area (Å²) in [6.45, 7) is 3.36. The molecule has 1 N–H and O–H groups in total. The number of sulfonamides is 1. The van der Waals surface area contributed by atoms with Gasteiger partial charge in [0.25, 0.3) is 15.9 Å². The number of carbonyl (C=O) groups is 1. The van der Waals surface area contributed by atoms with Crippen LogP contribution in [0.4, 0.5) is 5.69 Å². The molecule has 0 bridgehead atoms. The van der Waals surface area contributed by atoms with Crippen LogP contribution in [0.25, 0.3) is 0 Å². The summed E-state index contributed by atoms with van der Waals surface area (Å²) in [7, 11) is 0.212. The first kappa shape index (κ1) is 28.1. The minimum atomic E-state index is -4.16. The Balaban J connectivity index is 1.86. The third-order valence-corrected chi connectivity index (χ3v) is 6.99. The summed E-state index contributed by atoms with van der Waals surface area (Å²) >= 11 is 0. The van der Waals surface area contributed by atoms with Crippen molar-refractivity contribution < 1.29 is 32.2 Å². The average molecular weight is 540 g/mol. The summed E-state index contributed by atoms with van der Waals surface area (Å²) in [6, 6.07) is 17.6. The fraction of sp³-hybridized carbons (Fsp3) is 0.185. The molecule has 0 spiro atoms. The van der Waals surface area contributed by atoms with Crippen LogP contribution in [-0.2, 0) is 14.8 Å². The van der Waals surface area contributed by atoms with Gasteiger partial charge < -0.3 is 18.9 Å². The second-order valence-electron chi connectivity index (χ2n) is 7.67. The van der Waals surface area contributed by atoms with Crippen molar-refractivity contribution in [1.82, 2.24) is 5.43 Å². The SMILES string of the molecule is C=CCOc1ccc(/C=N\NC(=O)CN(c2cc(OC)ccc2OC)S(=O)(=O)c2ccccc2)cc1OC. The Morgan fingerprint density at radius 2 is 1.66 bits per heavy atom. The maximum Gasteiger partial charge on any atom is 0.264 e. The number of amides is 1. The average Bonchev–Trinajstić information content (AvgIpc) is 2.95. The number of ether oxygens (including phenoxy) is 4. The first-order valence-electron chi connectivity index (χ1n) is 11.4. The van der Waals surface area contributed by atoms with E-state index in [4.69, 9.17) is 18.9 Å². The summed E-state index contributed by atoms with van der Waals surface area (Å²) < 4.78 is 49.6. The second kappa shape index (κ2) is 13.2. The molecule has 3 aromatic carbocycles. The van der Waals surface area contributed by atoms with Crippen molar-refractivity contribution in [2.75, 3.05) is 38.8 Å². The van der Waals surface area contributed by atoms with E-state index in [0.29, 0.717) is 29.4 Å². The molecule has 0 unspecified atom stereocenters. The fourth-order valence-corrected chi connectivity index (χ4v) is 4.83. The molecule has 0 radical (unpaired) electrons. The van der Waals surface area contributed by atoms with Gasteiger partial charge in [0.2, 0.25) is 0 Å². The predicted octanol–water partition coefficient (Wildman–Crippen LogP) is 3.62. The zero-order valence-corrected chi connectivity index (χ0v) is 22.1. The highest BCUT2D eigenvalue weighted by molar-refractivity contribution is 7.92. The summed E-state index contributed by atoms with van der Waals surface area (Å²) in [5, 5.41) is 3.97. The molecular formula is C27H29N3O7S. The Morgan fingerprint density at radius 1 is 0.947 bits per heavy atom. The summed E-state index contributed by atoms with van der Waals surface area (Å²) in [4.78, 5) is 12.9. The predicted molar refractivity (Wildman–Crippen MR) is 145 cm³/mol. The molecule has 0 saturated heterocycles. The topological polar surface area (TPSA) is 116 Å². The van der Waals surface area contributed by atoms with E-state index >= 15 is 0 Å². The molecule has 11 heteroatoms. The molecule has 0 aromatic heterocycles. The number of rotatable bonds is 13. The molecule has 0 aliphatic rings. The van der Waals surface area contributed by atoms with E-state index in [9.17, 15) is 13.2 Å². The normalized spacial score (nSPS) is 11.0. The van der Waals surface area contributed by atoms with E-state index in [2.05, 4.69) is 17.1 Å². The summed E-state index contributed by atoms with van der Waals surface area (Å²) in [6.07, 6.45) is 3.02. The molecule has 1 amide bonds. The third-order valence-electron chi connectivity index (χ3n) is 5.22. The number of nitrogens with zero attached hydrogens (tertiary/aromatic N) is 2. The van der Waals surface area contributed by atoms with Crippen LogP contribution in [0, 0.1) is 0 Å². The first-order chi connectivity index (χ1) is 18.3. The molecule has 0 aliphatic carbocycles. The van der Waals surface area contributed by atoms with Crippen LogP contribution in [0.5, 0.6) is 23.0 Å². The first-order valence-corrected chi connectivity index (χ1v) is 12.8. The lowest BCUT2D eigenvalue weighted by Crippen LogP contribution is -2.39. The highest BCUT2D eigenvalue weighted by atomic mass is 32.2. The van der Waals surface area contributed by atoms with Gasteiger partial charge in [-0.05, 0) is 48.0 Å². The number of hydrazone groups is 1. The van der Waals surface area contributed by atoms with Gasteiger partial charge in [0.1, 0.15) is 24.7 Å². The number of benzene rings is 3. The van der Waals surface area contributed by atoms with Gasteiger partial charge in [-0.1, -0.05) is 30.9 Å². The standard InChI is InChI=1S/C27H29N3O7S/c1-5-15-37-25-13-11-20(16-26(25)36-4)18-28-29-27(31)19-30(38(32,33)22-9-7-6-8-10-22)23-17-21(34-2)12-14-24(23)35-3/h5-14,16-18H,1,15,19H2,2-4H3,(H,29,31)/b28-18-. The third kappa shape index (κ3) is 6.83. The molecule has 0 saturated carbocycles. The zero-order chi connectivity index (χ0) is 27.5. The van der Waals surface area contributed by atoms with Crippen LogP contribution in [0.1, 0.15) is 5.56 Å². The molecule has 10 nitrogen and oxygen atoms in total. The van der Waals surface area contributed by atoms with Gasteiger partial charge in [-0.2, -0.15) is 5.10 Å². The molecule has 0 fully saturated rings. The van der Waals surface area contributed by atoms with E-state index in [-0.39, 0.29) is 16.3 Å². The fourth-order valence-electron chi connectivity index (χ4n) is 3.39. The van der Waals surface area contributed by atoms with Crippen molar-refractivity contribution in [1.29, 1.82) is 0 Å². The van der Waals surface area contributed by atoms with E-state index in [1.54, 1.807) is 54.6 Å². The maximum atomic E-state index is 13.6. The number of anilines is 1. The van der Waals surface area contributed by atoms with Crippen molar-refractivity contribution in [3.05, 3.63) is 84.9 Å². The number of hydrogen-bond donors (Lipinski definition) is 1. The van der Waals surface area contributed by atoms with Crippen LogP contribution < -0.4 is 28.7 Å². The van der Waals surface area contributed by atoms with Crippen LogP contribution in [0.2, 0.25) is 0 Å². The van der Waals surface area contributed by atoms with Crippen molar-refractivity contribution in [2.24, 2.45) is 5.10 Å². The lowest BCUT2D eigenvalue weighted by molar-refractivity contribution is -0.119. The minimum absolute atomic E-state index is 0.00651. The molecule has 3 aromatic rings. The Labute approximate surface area is 222 Å². The van der Waals surface area contributed by atoms with Gasteiger partial charge in [-0.25, -0.2) is 13.8 Å². The molecule has 200 valence electrons. The van der Waals surface area contributed by atoms with E-state index in [1.165, 1.54) is 45.7 Å².